The number of ether oxygens (including phenoxy) is 1. The van der Waals surface area contributed by atoms with Gasteiger partial charge >= 0.3 is 0 Å². The zero-order chi connectivity index (χ0) is 11.7. The molecule has 2 aromatic heterocycles. The Bertz CT molecular complexity index is 646. The molecule has 17 heavy (non-hydrogen) atoms. The molecular weight excluding hydrogens is 218 g/mol. The smallest absolute Gasteiger partial charge is 0.237 e. The molecule has 0 aliphatic carbocycles. The molecule has 0 saturated carbocycles. The highest BCUT2D eigenvalue weighted by Gasteiger charge is 2.01. The predicted molar refractivity (Wildman–Crippen MR) is 61.7 cm³/mol. The summed E-state index contributed by atoms with van der Waals surface area (Å²) in [4.78, 5) is 0. The monoisotopic (exact) mass is 227 g/mol. The summed E-state index contributed by atoms with van der Waals surface area (Å²) in [6, 6.07) is 10.6. The molecule has 2 N–H and O–H groups in total. The molecule has 84 valence electrons. The first kappa shape index (κ1) is 9.59. The first-order valence-electron chi connectivity index (χ1n) is 5.02. The molecule has 1 aromatic carbocycles. The van der Waals surface area contributed by atoms with Gasteiger partial charge in [0.15, 0.2) is 5.65 Å². The van der Waals surface area contributed by atoms with Gasteiger partial charge in [-0.05, 0) is 30.3 Å². The summed E-state index contributed by atoms with van der Waals surface area (Å²) in [7, 11) is 0. The molecule has 3 rings (SSSR count). The fraction of sp³-hybridized carbons (Fsp3) is 0. The number of anilines is 1. The lowest BCUT2D eigenvalue weighted by molar-refractivity contribution is 0.452. The summed E-state index contributed by atoms with van der Waals surface area (Å²) in [5.74, 6) is 1.15. The van der Waals surface area contributed by atoms with E-state index in [1.807, 2.05) is 0 Å². The third-order valence-electron chi connectivity index (χ3n) is 2.24. The van der Waals surface area contributed by atoms with Crippen LogP contribution in [0.25, 0.3) is 5.65 Å². The van der Waals surface area contributed by atoms with E-state index in [1.165, 1.54) is 6.33 Å². The van der Waals surface area contributed by atoms with Crippen LogP contribution in [-0.2, 0) is 0 Å². The van der Waals surface area contributed by atoms with E-state index in [4.69, 9.17) is 10.5 Å². The number of nitrogen functional groups attached to an aromatic ring is 1. The van der Waals surface area contributed by atoms with E-state index in [0.29, 0.717) is 23.0 Å². The molecule has 3 aromatic rings. The van der Waals surface area contributed by atoms with E-state index in [1.54, 1.807) is 40.9 Å². The maximum Gasteiger partial charge on any atom is 0.237 e. The molecule has 6 nitrogen and oxygen atoms in total. The Labute approximate surface area is 96.7 Å². The highest BCUT2D eigenvalue weighted by molar-refractivity contribution is 5.43. The van der Waals surface area contributed by atoms with Crippen molar-refractivity contribution in [1.29, 1.82) is 0 Å². The number of fused-ring (bicyclic) bond motifs is 1. The Kier molecular flexibility index (Phi) is 2.11. The molecule has 6 heteroatoms. The van der Waals surface area contributed by atoms with Gasteiger partial charge in [-0.2, -0.15) is 4.52 Å². The van der Waals surface area contributed by atoms with Crippen LogP contribution >= 0.6 is 0 Å². The third kappa shape index (κ3) is 1.87. The summed E-state index contributed by atoms with van der Waals surface area (Å²) in [5.41, 5.74) is 6.96. The maximum absolute atomic E-state index is 5.59. The highest BCUT2D eigenvalue weighted by atomic mass is 16.5. The van der Waals surface area contributed by atoms with E-state index in [0.717, 1.165) is 0 Å². The van der Waals surface area contributed by atoms with Crippen LogP contribution in [-0.4, -0.2) is 19.8 Å². The second kappa shape index (κ2) is 3.75. The quantitative estimate of drug-likeness (QED) is 0.671. The van der Waals surface area contributed by atoms with E-state index in [9.17, 15) is 0 Å². The van der Waals surface area contributed by atoms with Gasteiger partial charge in [0, 0.05) is 11.8 Å². The minimum Gasteiger partial charge on any atom is -0.438 e. The van der Waals surface area contributed by atoms with Gasteiger partial charge in [-0.25, -0.2) is 0 Å². The summed E-state index contributed by atoms with van der Waals surface area (Å²) in [5, 5.41) is 11.8. The minimum absolute atomic E-state index is 0.474. The van der Waals surface area contributed by atoms with Crippen LogP contribution in [0.5, 0.6) is 11.6 Å². The fourth-order valence-corrected chi connectivity index (χ4v) is 1.42. The van der Waals surface area contributed by atoms with Crippen LogP contribution < -0.4 is 10.5 Å². The molecule has 2 heterocycles. The van der Waals surface area contributed by atoms with Crippen molar-refractivity contribution in [2.24, 2.45) is 0 Å². The Balaban J connectivity index is 1.91. The Morgan fingerprint density at radius 3 is 2.71 bits per heavy atom. The van der Waals surface area contributed by atoms with E-state index in [-0.39, 0.29) is 0 Å². The zero-order valence-electron chi connectivity index (χ0n) is 8.82. The average molecular weight is 227 g/mol. The maximum atomic E-state index is 5.59. The van der Waals surface area contributed by atoms with Crippen molar-refractivity contribution in [3.8, 4) is 11.6 Å². The lowest BCUT2D eigenvalue weighted by Gasteiger charge is -2.04. The Morgan fingerprint density at radius 2 is 1.88 bits per heavy atom. The zero-order valence-corrected chi connectivity index (χ0v) is 8.82. The SMILES string of the molecule is Nc1ccc(Oc2ccc3nncn3n2)cc1. The molecule has 0 aliphatic rings. The van der Waals surface area contributed by atoms with Crippen LogP contribution in [0.2, 0.25) is 0 Å². The van der Waals surface area contributed by atoms with Crippen molar-refractivity contribution in [1.82, 2.24) is 19.8 Å². The molecule has 0 bridgehead atoms. The van der Waals surface area contributed by atoms with Crippen molar-refractivity contribution >= 4 is 11.3 Å². The molecule has 0 amide bonds. The van der Waals surface area contributed by atoms with E-state index >= 15 is 0 Å². The van der Waals surface area contributed by atoms with Gasteiger partial charge in [0.05, 0.1) is 0 Å². The van der Waals surface area contributed by atoms with Gasteiger partial charge in [0.2, 0.25) is 5.88 Å². The van der Waals surface area contributed by atoms with Crippen LogP contribution in [0.15, 0.2) is 42.7 Å². The molecular formula is C11H9N5O. The minimum atomic E-state index is 0.474. The van der Waals surface area contributed by atoms with E-state index < -0.39 is 0 Å². The molecule has 0 atom stereocenters. The number of benzene rings is 1. The van der Waals surface area contributed by atoms with Crippen LogP contribution in [0, 0.1) is 0 Å². The molecule has 0 aliphatic heterocycles. The van der Waals surface area contributed by atoms with Crippen molar-refractivity contribution in [3.63, 3.8) is 0 Å². The van der Waals surface area contributed by atoms with Crippen LogP contribution in [0.3, 0.4) is 0 Å². The summed E-state index contributed by atoms with van der Waals surface area (Å²) < 4.78 is 7.12. The second-order valence-corrected chi connectivity index (χ2v) is 3.48. The summed E-state index contributed by atoms with van der Waals surface area (Å²) in [6.45, 7) is 0. The normalized spacial score (nSPS) is 10.6. The van der Waals surface area contributed by atoms with Crippen LogP contribution in [0.4, 0.5) is 5.69 Å². The number of aromatic nitrogens is 4. The fourth-order valence-electron chi connectivity index (χ4n) is 1.42. The van der Waals surface area contributed by atoms with Crippen molar-refractivity contribution in [2.75, 3.05) is 5.73 Å². The van der Waals surface area contributed by atoms with Crippen molar-refractivity contribution in [2.45, 2.75) is 0 Å². The predicted octanol–water partition coefficient (Wildman–Crippen LogP) is 1.50. The summed E-state index contributed by atoms with van der Waals surface area (Å²) >= 11 is 0. The number of nitrogens with zero attached hydrogens (tertiary/aromatic N) is 4. The van der Waals surface area contributed by atoms with Gasteiger partial charge in [-0.3, -0.25) is 0 Å². The second-order valence-electron chi connectivity index (χ2n) is 3.48. The number of hydrogen-bond donors (Lipinski definition) is 1. The Hall–Kier alpha value is -2.63. The van der Waals surface area contributed by atoms with Crippen LogP contribution in [0.1, 0.15) is 0 Å². The van der Waals surface area contributed by atoms with Gasteiger partial charge in [0.1, 0.15) is 12.1 Å². The molecule has 0 radical (unpaired) electrons. The molecule has 0 fully saturated rings. The van der Waals surface area contributed by atoms with Crippen molar-refractivity contribution < 1.29 is 4.74 Å². The van der Waals surface area contributed by atoms with Crippen molar-refractivity contribution in [3.05, 3.63) is 42.7 Å². The number of nitrogens with two attached hydrogens (primary N) is 1. The number of hydrogen-bond acceptors (Lipinski definition) is 5. The topological polar surface area (TPSA) is 78.3 Å². The van der Waals surface area contributed by atoms with Gasteiger partial charge < -0.3 is 10.5 Å². The molecule has 0 spiro atoms. The lowest BCUT2D eigenvalue weighted by atomic mass is 10.3. The standard InChI is InChI=1S/C11H9N5O/c12-8-1-3-9(4-2-8)17-11-6-5-10-14-13-7-16(10)15-11/h1-7H,12H2. The molecule has 0 saturated heterocycles. The third-order valence-corrected chi connectivity index (χ3v) is 2.24. The van der Waals surface area contributed by atoms with Gasteiger partial charge in [-0.15, -0.1) is 15.3 Å². The lowest BCUT2D eigenvalue weighted by Crippen LogP contribution is -1.94. The average Bonchev–Trinajstić information content (AvgIpc) is 2.79. The van der Waals surface area contributed by atoms with Gasteiger partial charge in [-0.1, -0.05) is 0 Å². The Morgan fingerprint density at radius 1 is 1.06 bits per heavy atom. The molecule has 0 unspecified atom stereocenters. The summed E-state index contributed by atoms with van der Waals surface area (Å²) in [6.07, 6.45) is 1.52. The highest BCUT2D eigenvalue weighted by Crippen LogP contribution is 2.20. The van der Waals surface area contributed by atoms with Gasteiger partial charge in [0.25, 0.3) is 0 Å². The largest absolute Gasteiger partial charge is 0.438 e. The first-order valence-corrected chi connectivity index (χ1v) is 5.02. The number of rotatable bonds is 2. The van der Waals surface area contributed by atoms with E-state index in [2.05, 4.69) is 15.3 Å². The first-order chi connectivity index (χ1) is 8.31.